The highest BCUT2D eigenvalue weighted by atomic mass is 16.3. The van der Waals surface area contributed by atoms with Crippen molar-refractivity contribution in [2.45, 2.75) is 6.54 Å². The van der Waals surface area contributed by atoms with E-state index < -0.39 is 0 Å². The van der Waals surface area contributed by atoms with Crippen molar-refractivity contribution in [1.82, 2.24) is 5.32 Å². The first kappa shape index (κ1) is 26.9. The Morgan fingerprint density at radius 2 is 1.17 bits per heavy atom. The first-order valence-electron chi connectivity index (χ1n) is 16.5. The van der Waals surface area contributed by atoms with E-state index in [-0.39, 0.29) is 0 Å². The summed E-state index contributed by atoms with van der Waals surface area (Å²) in [5.74, 6) is 0.917. The van der Waals surface area contributed by atoms with Crippen molar-refractivity contribution >= 4 is 44.9 Å². The number of nitrogens with zero attached hydrogens (tertiary/aromatic N) is 1. The Hall–Kier alpha value is -6.32. The van der Waals surface area contributed by atoms with Gasteiger partial charge in [-0.15, -0.1) is 0 Å². The Balaban J connectivity index is 1.08. The van der Waals surface area contributed by atoms with Gasteiger partial charge in [-0.3, -0.25) is 0 Å². The summed E-state index contributed by atoms with van der Waals surface area (Å²) in [5.41, 5.74) is 15.3. The molecule has 1 aromatic heterocycles. The predicted octanol–water partition coefficient (Wildman–Crippen LogP) is 12.1. The second kappa shape index (κ2) is 10.6. The molecule has 3 heteroatoms. The average Bonchev–Trinajstić information content (AvgIpc) is 3.70. The number of para-hydroxylation sites is 1. The van der Waals surface area contributed by atoms with Gasteiger partial charge < -0.3 is 14.6 Å². The molecular weight excluding hydrogens is 585 g/mol. The van der Waals surface area contributed by atoms with Crippen molar-refractivity contribution in [3.63, 3.8) is 0 Å². The Kier molecular flexibility index (Phi) is 5.94. The van der Waals surface area contributed by atoms with E-state index in [4.69, 9.17) is 4.42 Å². The van der Waals surface area contributed by atoms with E-state index >= 15 is 0 Å². The Morgan fingerprint density at radius 3 is 1.92 bits per heavy atom. The van der Waals surface area contributed by atoms with Gasteiger partial charge >= 0.3 is 0 Å². The molecule has 0 amide bonds. The molecule has 1 aliphatic carbocycles. The van der Waals surface area contributed by atoms with Crippen LogP contribution in [-0.4, -0.2) is 0 Å². The maximum atomic E-state index is 6.56. The van der Waals surface area contributed by atoms with Gasteiger partial charge in [0.15, 0.2) is 5.58 Å². The topological polar surface area (TPSA) is 28.4 Å². The fourth-order valence-corrected chi connectivity index (χ4v) is 7.60. The number of hydrogen-bond acceptors (Lipinski definition) is 3. The first-order chi connectivity index (χ1) is 23.8. The number of furan rings is 1. The molecule has 0 saturated carbocycles. The van der Waals surface area contributed by atoms with Crippen LogP contribution in [0.2, 0.25) is 0 Å². The molecule has 48 heavy (non-hydrogen) atoms. The highest BCUT2D eigenvalue weighted by Gasteiger charge is 2.23. The van der Waals surface area contributed by atoms with Gasteiger partial charge in [0, 0.05) is 35.1 Å². The number of hydrogen-bond donors (Lipinski definition) is 1. The van der Waals surface area contributed by atoms with E-state index in [0.717, 1.165) is 40.3 Å². The van der Waals surface area contributed by atoms with Crippen LogP contribution in [0.1, 0.15) is 11.3 Å². The molecule has 0 radical (unpaired) electrons. The Morgan fingerprint density at radius 1 is 0.521 bits per heavy atom. The largest absolute Gasteiger partial charge is 0.454 e. The zero-order chi connectivity index (χ0) is 31.6. The summed E-state index contributed by atoms with van der Waals surface area (Å²) in [7, 11) is 0. The molecule has 2 heterocycles. The first-order valence-corrected chi connectivity index (χ1v) is 16.5. The maximum Gasteiger partial charge on any atom is 0.159 e. The summed E-state index contributed by atoms with van der Waals surface area (Å²) in [6.45, 7) is 0.753. The van der Waals surface area contributed by atoms with Crippen molar-refractivity contribution in [2.75, 3.05) is 4.90 Å². The van der Waals surface area contributed by atoms with E-state index in [9.17, 15) is 0 Å². The van der Waals surface area contributed by atoms with Gasteiger partial charge in [0.2, 0.25) is 0 Å². The zero-order valence-electron chi connectivity index (χ0n) is 26.2. The lowest BCUT2D eigenvalue weighted by Crippen LogP contribution is -2.10. The molecule has 2 aliphatic rings. The molecule has 0 saturated heterocycles. The van der Waals surface area contributed by atoms with Gasteiger partial charge in [-0.1, -0.05) is 115 Å². The van der Waals surface area contributed by atoms with Crippen molar-refractivity contribution in [3.8, 4) is 44.5 Å². The molecule has 1 aliphatic heterocycles. The number of benzene rings is 7. The molecule has 0 unspecified atom stereocenters. The summed E-state index contributed by atoms with van der Waals surface area (Å²) in [6, 6.07) is 54.9. The minimum atomic E-state index is 0.753. The standard InChI is InChI=1S/C45H30N2O/c1-2-7-29(8-3-1)30-15-20-34(21-16-30)47(42-14-6-13-39-41-28-46-26-25-43(41)48-45(39)42)35-22-17-31(18-23-35)33-19-24-36-37-11-4-9-32-10-5-12-38(44(32)37)40(36)27-33/h1-27,46H,28H2. The summed E-state index contributed by atoms with van der Waals surface area (Å²) < 4.78 is 6.56. The van der Waals surface area contributed by atoms with Gasteiger partial charge in [0.25, 0.3) is 0 Å². The molecule has 3 nitrogen and oxygen atoms in total. The second-order valence-corrected chi connectivity index (χ2v) is 12.6. The van der Waals surface area contributed by atoms with Gasteiger partial charge in [-0.2, -0.15) is 0 Å². The van der Waals surface area contributed by atoms with Gasteiger partial charge in [0.1, 0.15) is 5.76 Å². The quantitative estimate of drug-likeness (QED) is 0.209. The van der Waals surface area contributed by atoms with Crippen LogP contribution < -0.4 is 10.2 Å². The smallest absolute Gasteiger partial charge is 0.159 e. The van der Waals surface area contributed by atoms with Crippen molar-refractivity contribution < 1.29 is 4.42 Å². The molecule has 1 N–H and O–H groups in total. The fourth-order valence-electron chi connectivity index (χ4n) is 7.60. The van der Waals surface area contributed by atoms with Crippen molar-refractivity contribution in [3.05, 3.63) is 169 Å². The number of rotatable bonds is 5. The third kappa shape index (κ3) is 4.14. The predicted molar refractivity (Wildman–Crippen MR) is 200 cm³/mol. The molecular formula is C45H30N2O. The fraction of sp³-hybridized carbons (Fsp3) is 0.0222. The van der Waals surface area contributed by atoms with E-state index in [1.807, 2.05) is 12.3 Å². The van der Waals surface area contributed by atoms with E-state index in [2.05, 4.69) is 162 Å². The number of nitrogens with one attached hydrogen (secondary N) is 1. The van der Waals surface area contributed by atoms with Gasteiger partial charge in [-0.25, -0.2) is 0 Å². The average molecular weight is 615 g/mol. The Labute approximate surface area is 279 Å². The number of anilines is 3. The lowest BCUT2D eigenvalue weighted by atomic mass is 9.97. The van der Waals surface area contributed by atoms with Crippen LogP contribution in [0.15, 0.2) is 162 Å². The van der Waals surface area contributed by atoms with Crippen LogP contribution in [0.3, 0.4) is 0 Å². The molecule has 0 fully saturated rings. The zero-order valence-corrected chi connectivity index (χ0v) is 26.2. The maximum absolute atomic E-state index is 6.56. The van der Waals surface area contributed by atoms with Crippen LogP contribution in [0.4, 0.5) is 17.1 Å². The molecule has 0 bridgehead atoms. The monoisotopic (exact) mass is 614 g/mol. The summed E-state index contributed by atoms with van der Waals surface area (Å²) in [5, 5.41) is 7.14. The lowest BCUT2D eigenvalue weighted by molar-refractivity contribution is 0.592. The van der Waals surface area contributed by atoms with Crippen LogP contribution in [0, 0.1) is 0 Å². The molecule has 7 aromatic carbocycles. The van der Waals surface area contributed by atoms with Crippen molar-refractivity contribution in [2.24, 2.45) is 0 Å². The summed E-state index contributed by atoms with van der Waals surface area (Å²) >= 11 is 0. The highest BCUT2D eigenvalue weighted by molar-refractivity contribution is 6.15. The van der Waals surface area contributed by atoms with E-state index in [1.165, 1.54) is 60.8 Å². The van der Waals surface area contributed by atoms with E-state index in [1.54, 1.807) is 0 Å². The van der Waals surface area contributed by atoms with Gasteiger partial charge in [0.05, 0.1) is 5.69 Å². The minimum Gasteiger partial charge on any atom is -0.454 e. The minimum absolute atomic E-state index is 0.753. The lowest BCUT2D eigenvalue weighted by Gasteiger charge is -2.26. The van der Waals surface area contributed by atoms with Crippen LogP contribution >= 0.6 is 0 Å². The Bertz CT molecular complexity index is 2540. The molecule has 8 aromatic rings. The summed E-state index contributed by atoms with van der Waals surface area (Å²) in [4.78, 5) is 2.31. The van der Waals surface area contributed by atoms with Crippen LogP contribution in [0.25, 0.3) is 72.3 Å². The SMILES string of the molecule is C1=Cc2oc3c(N(c4ccc(-c5ccccc5)cc4)c4ccc(-c5ccc6c(c5)-c5cccc7cccc-6c57)cc4)cccc3c2CN1. The normalized spacial score (nSPS) is 12.6. The third-order valence-electron chi connectivity index (χ3n) is 9.90. The third-order valence-corrected chi connectivity index (χ3v) is 9.90. The van der Waals surface area contributed by atoms with Crippen LogP contribution in [0.5, 0.6) is 0 Å². The van der Waals surface area contributed by atoms with Crippen molar-refractivity contribution in [1.29, 1.82) is 0 Å². The molecule has 0 spiro atoms. The van der Waals surface area contributed by atoms with Gasteiger partial charge in [-0.05, 0) is 97.8 Å². The molecule has 226 valence electrons. The molecule has 10 rings (SSSR count). The summed E-state index contributed by atoms with van der Waals surface area (Å²) in [6.07, 6.45) is 3.98. The van der Waals surface area contributed by atoms with E-state index in [0.29, 0.717) is 0 Å². The highest BCUT2D eigenvalue weighted by Crippen LogP contribution is 2.48. The van der Waals surface area contributed by atoms with Crippen LogP contribution in [-0.2, 0) is 6.54 Å². The second-order valence-electron chi connectivity index (χ2n) is 12.6. The number of fused-ring (bicyclic) bond motifs is 6. The molecule has 0 atom stereocenters.